The summed E-state index contributed by atoms with van der Waals surface area (Å²) >= 11 is 0. The van der Waals surface area contributed by atoms with Crippen LogP contribution in [-0.4, -0.2) is 49.6 Å². The van der Waals surface area contributed by atoms with Crippen LogP contribution in [-0.2, 0) is 0 Å². The third-order valence-electron chi connectivity index (χ3n) is 2.43. The fraction of sp³-hybridized carbons (Fsp3) is 0.700. The topological polar surface area (TPSA) is 30.3 Å². The summed E-state index contributed by atoms with van der Waals surface area (Å²) in [6, 6.07) is 2.14. The van der Waals surface area contributed by atoms with Gasteiger partial charge in [0.15, 0.2) is 0 Å². The van der Waals surface area contributed by atoms with Crippen LogP contribution in [0.5, 0.6) is 0 Å². The molecule has 0 aromatic heterocycles. The van der Waals surface area contributed by atoms with Crippen LogP contribution in [0.4, 0.5) is 0 Å². The average molecular weight is 179 g/mol. The van der Waals surface area contributed by atoms with Gasteiger partial charge in [-0.2, -0.15) is 5.26 Å². The van der Waals surface area contributed by atoms with Crippen LogP contribution in [0, 0.1) is 11.3 Å². The molecule has 0 aromatic rings. The van der Waals surface area contributed by atoms with Crippen molar-refractivity contribution < 1.29 is 0 Å². The molecule has 0 amide bonds. The minimum Gasteiger partial charge on any atom is -0.304 e. The van der Waals surface area contributed by atoms with E-state index >= 15 is 0 Å². The van der Waals surface area contributed by atoms with Gasteiger partial charge in [-0.05, 0) is 14.0 Å². The second-order valence-electron chi connectivity index (χ2n) is 3.60. The van der Waals surface area contributed by atoms with Crippen LogP contribution >= 0.6 is 0 Å². The van der Waals surface area contributed by atoms with Gasteiger partial charge in [0.05, 0.1) is 6.07 Å². The molecule has 0 N–H and O–H groups in total. The molecule has 3 nitrogen and oxygen atoms in total. The number of rotatable bonds is 2. The third kappa shape index (κ3) is 3.58. The van der Waals surface area contributed by atoms with Crippen molar-refractivity contribution in [2.45, 2.75) is 6.92 Å². The zero-order chi connectivity index (χ0) is 9.68. The van der Waals surface area contributed by atoms with E-state index in [1.807, 2.05) is 13.0 Å². The lowest BCUT2D eigenvalue weighted by Gasteiger charge is -2.31. The summed E-state index contributed by atoms with van der Waals surface area (Å²) in [5.74, 6) is 0. The van der Waals surface area contributed by atoms with E-state index in [0.29, 0.717) is 0 Å². The van der Waals surface area contributed by atoms with Gasteiger partial charge in [0.2, 0.25) is 0 Å². The Hall–Kier alpha value is -0.850. The molecule has 72 valence electrons. The van der Waals surface area contributed by atoms with Crippen LogP contribution in [0.25, 0.3) is 0 Å². The van der Waals surface area contributed by atoms with E-state index in [-0.39, 0.29) is 0 Å². The highest BCUT2D eigenvalue weighted by Crippen LogP contribution is 2.00. The van der Waals surface area contributed by atoms with Crippen LogP contribution in [0.2, 0.25) is 0 Å². The molecule has 0 spiro atoms. The minimum atomic E-state index is 0.818. The van der Waals surface area contributed by atoms with Gasteiger partial charge in [-0.3, -0.25) is 4.90 Å². The van der Waals surface area contributed by atoms with Crippen LogP contribution in [0.3, 0.4) is 0 Å². The minimum absolute atomic E-state index is 0.818. The van der Waals surface area contributed by atoms with Crippen LogP contribution in [0.1, 0.15) is 6.92 Å². The summed E-state index contributed by atoms with van der Waals surface area (Å²) in [5, 5.41) is 8.56. The molecule has 0 aromatic carbocycles. The van der Waals surface area contributed by atoms with Crippen molar-refractivity contribution in [1.29, 1.82) is 5.26 Å². The van der Waals surface area contributed by atoms with Gasteiger partial charge in [-0.15, -0.1) is 0 Å². The summed E-state index contributed by atoms with van der Waals surface area (Å²) < 4.78 is 0. The molecule has 13 heavy (non-hydrogen) atoms. The van der Waals surface area contributed by atoms with E-state index in [1.54, 1.807) is 0 Å². The van der Waals surface area contributed by atoms with Gasteiger partial charge < -0.3 is 4.90 Å². The molecule has 1 aliphatic heterocycles. The highest BCUT2D eigenvalue weighted by atomic mass is 15.2. The van der Waals surface area contributed by atoms with E-state index in [4.69, 9.17) is 5.26 Å². The summed E-state index contributed by atoms with van der Waals surface area (Å²) in [6.07, 6.45) is 2.01. The molecule has 0 atom stereocenters. The third-order valence-corrected chi connectivity index (χ3v) is 2.43. The summed E-state index contributed by atoms with van der Waals surface area (Å²) in [7, 11) is 2.15. The van der Waals surface area contributed by atoms with Gasteiger partial charge in [-0.25, -0.2) is 0 Å². The first-order valence-corrected chi connectivity index (χ1v) is 4.70. The van der Waals surface area contributed by atoms with Crippen molar-refractivity contribution >= 4 is 0 Å². The van der Waals surface area contributed by atoms with Crippen molar-refractivity contribution in [3.63, 3.8) is 0 Å². The standard InChI is InChI=1S/C10H17N3/c1-10(9-11)3-4-13-7-5-12(2)6-8-13/h3H,4-8H2,1-2H3/b10-3-. The number of piperazine rings is 1. The Morgan fingerprint density at radius 1 is 1.38 bits per heavy atom. The maximum Gasteiger partial charge on any atom is 0.0941 e. The number of nitrogens with zero attached hydrogens (tertiary/aromatic N) is 3. The second kappa shape index (κ2) is 5.00. The number of allylic oxidation sites excluding steroid dienone is 1. The van der Waals surface area contributed by atoms with E-state index in [0.717, 1.165) is 38.3 Å². The quantitative estimate of drug-likeness (QED) is 0.585. The summed E-state index contributed by atoms with van der Waals surface area (Å²) in [4.78, 5) is 4.71. The lowest BCUT2D eigenvalue weighted by atomic mass is 10.3. The first-order chi connectivity index (χ1) is 6.22. The Bertz CT molecular complexity index is 219. The SMILES string of the molecule is C/C(C#N)=C/CN1CCN(C)CC1. The highest BCUT2D eigenvalue weighted by Gasteiger charge is 2.11. The van der Waals surface area contributed by atoms with Gasteiger partial charge in [0.25, 0.3) is 0 Å². The van der Waals surface area contributed by atoms with E-state index in [1.165, 1.54) is 0 Å². The van der Waals surface area contributed by atoms with Crippen molar-refractivity contribution in [1.82, 2.24) is 9.80 Å². The molecule has 0 bridgehead atoms. The van der Waals surface area contributed by atoms with Crippen molar-refractivity contribution in [3.8, 4) is 6.07 Å². The predicted octanol–water partition coefficient (Wildman–Crippen LogP) is 0.704. The van der Waals surface area contributed by atoms with E-state index in [9.17, 15) is 0 Å². The summed E-state index contributed by atoms with van der Waals surface area (Å²) in [6.45, 7) is 7.29. The largest absolute Gasteiger partial charge is 0.304 e. The zero-order valence-electron chi connectivity index (χ0n) is 8.45. The molecule has 1 saturated heterocycles. The molecular weight excluding hydrogens is 162 g/mol. The molecule has 0 saturated carbocycles. The fourth-order valence-electron chi connectivity index (χ4n) is 1.34. The van der Waals surface area contributed by atoms with E-state index in [2.05, 4.69) is 22.9 Å². The van der Waals surface area contributed by atoms with Gasteiger partial charge >= 0.3 is 0 Å². The Labute approximate surface area is 80.2 Å². The van der Waals surface area contributed by atoms with Gasteiger partial charge in [0, 0.05) is 38.3 Å². The fourth-order valence-corrected chi connectivity index (χ4v) is 1.34. The lowest BCUT2D eigenvalue weighted by Crippen LogP contribution is -2.44. The van der Waals surface area contributed by atoms with Crippen molar-refractivity contribution in [3.05, 3.63) is 11.6 Å². The Morgan fingerprint density at radius 3 is 2.54 bits per heavy atom. The second-order valence-corrected chi connectivity index (χ2v) is 3.60. The number of likely N-dealkylation sites (N-methyl/N-ethyl adjacent to an activating group) is 1. The molecular formula is C10H17N3. The number of hydrogen-bond acceptors (Lipinski definition) is 3. The smallest absolute Gasteiger partial charge is 0.0941 e. The lowest BCUT2D eigenvalue weighted by molar-refractivity contribution is 0.166. The maximum atomic E-state index is 8.56. The molecule has 3 heteroatoms. The zero-order valence-corrected chi connectivity index (χ0v) is 8.45. The normalized spacial score (nSPS) is 21.5. The number of nitriles is 1. The van der Waals surface area contributed by atoms with Crippen LogP contribution in [0.15, 0.2) is 11.6 Å². The molecule has 1 heterocycles. The maximum absolute atomic E-state index is 8.56. The first-order valence-electron chi connectivity index (χ1n) is 4.70. The molecule has 0 radical (unpaired) electrons. The number of hydrogen-bond donors (Lipinski definition) is 0. The van der Waals surface area contributed by atoms with Crippen molar-refractivity contribution in [2.24, 2.45) is 0 Å². The Balaban J connectivity index is 2.28. The first kappa shape index (κ1) is 10.2. The van der Waals surface area contributed by atoms with Gasteiger partial charge in [0.1, 0.15) is 0 Å². The highest BCUT2D eigenvalue weighted by molar-refractivity contribution is 5.17. The molecule has 1 aliphatic rings. The summed E-state index contributed by atoms with van der Waals surface area (Å²) in [5.41, 5.74) is 0.818. The monoisotopic (exact) mass is 179 g/mol. The molecule has 1 rings (SSSR count). The molecule has 0 aliphatic carbocycles. The van der Waals surface area contributed by atoms with E-state index < -0.39 is 0 Å². The average Bonchev–Trinajstić information content (AvgIpc) is 2.16. The Morgan fingerprint density at radius 2 is 2.00 bits per heavy atom. The predicted molar refractivity (Wildman–Crippen MR) is 53.3 cm³/mol. The van der Waals surface area contributed by atoms with Crippen molar-refractivity contribution in [2.75, 3.05) is 39.8 Å². The molecule has 0 unspecified atom stereocenters. The Kier molecular flexibility index (Phi) is 3.94. The van der Waals surface area contributed by atoms with Crippen LogP contribution < -0.4 is 0 Å². The van der Waals surface area contributed by atoms with Gasteiger partial charge in [-0.1, -0.05) is 6.08 Å². The molecule has 1 fully saturated rings.